The smallest absolute Gasteiger partial charge is 0.226 e. The van der Waals surface area contributed by atoms with Crippen LogP contribution in [0.15, 0.2) is 0 Å². The van der Waals surface area contributed by atoms with Crippen molar-refractivity contribution in [3.8, 4) is 0 Å². The zero-order chi connectivity index (χ0) is 9.84. The molecule has 0 radical (unpaired) electrons. The maximum Gasteiger partial charge on any atom is 0.226 e. The molecule has 3 heteroatoms. The molecule has 0 aromatic rings. The fourth-order valence-electron chi connectivity index (χ4n) is 1.98. The summed E-state index contributed by atoms with van der Waals surface area (Å²) < 4.78 is 0. The van der Waals surface area contributed by atoms with Crippen LogP contribution >= 0.6 is 0 Å². The predicted molar refractivity (Wildman–Crippen MR) is 50.2 cm³/mol. The summed E-state index contributed by atoms with van der Waals surface area (Å²) >= 11 is 0. The first-order valence-corrected chi connectivity index (χ1v) is 4.98. The van der Waals surface area contributed by atoms with E-state index < -0.39 is 0 Å². The fourth-order valence-corrected chi connectivity index (χ4v) is 1.98. The second-order valence-corrected chi connectivity index (χ2v) is 3.60. The Morgan fingerprint density at radius 1 is 1.54 bits per heavy atom. The van der Waals surface area contributed by atoms with E-state index in [1.54, 1.807) is 0 Å². The lowest BCUT2D eigenvalue weighted by Crippen LogP contribution is -2.27. The monoisotopic (exact) mass is 183 g/mol. The van der Waals surface area contributed by atoms with Gasteiger partial charge in [0.25, 0.3) is 0 Å². The van der Waals surface area contributed by atoms with E-state index in [4.69, 9.17) is 0 Å². The Labute approximate surface area is 79.1 Å². The van der Waals surface area contributed by atoms with Gasteiger partial charge in [-0.25, -0.2) is 0 Å². The molecular formula is C10H17NO2. The van der Waals surface area contributed by atoms with Crippen LogP contribution in [0.4, 0.5) is 0 Å². The lowest BCUT2D eigenvalue weighted by atomic mass is 9.95. The second-order valence-electron chi connectivity index (χ2n) is 3.60. The van der Waals surface area contributed by atoms with Crippen LogP contribution in [0.3, 0.4) is 0 Å². The van der Waals surface area contributed by atoms with Crippen molar-refractivity contribution in [2.45, 2.75) is 26.7 Å². The number of aldehydes is 1. The van der Waals surface area contributed by atoms with E-state index in [1.165, 1.54) is 0 Å². The van der Waals surface area contributed by atoms with Crippen molar-refractivity contribution >= 4 is 12.2 Å². The Hall–Kier alpha value is -0.860. The average Bonchev–Trinajstić information content (AvgIpc) is 2.44. The van der Waals surface area contributed by atoms with Crippen molar-refractivity contribution < 1.29 is 9.59 Å². The summed E-state index contributed by atoms with van der Waals surface area (Å²) in [6.07, 6.45) is 2.68. The molecule has 2 unspecified atom stereocenters. The zero-order valence-electron chi connectivity index (χ0n) is 8.32. The molecule has 2 atom stereocenters. The molecule has 3 nitrogen and oxygen atoms in total. The third kappa shape index (κ3) is 1.90. The molecule has 74 valence electrons. The minimum Gasteiger partial charge on any atom is -0.342 e. The first kappa shape index (κ1) is 10.2. The predicted octanol–water partition coefficient (Wildman–Crippen LogP) is 1.08. The van der Waals surface area contributed by atoms with E-state index >= 15 is 0 Å². The highest BCUT2D eigenvalue weighted by Gasteiger charge is 2.38. The van der Waals surface area contributed by atoms with Crippen LogP contribution in [0.5, 0.6) is 0 Å². The van der Waals surface area contributed by atoms with Gasteiger partial charge in [-0.05, 0) is 12.8 Å². The summed E-state index contributed by atoms with van der Waals surface area (Å²) in [5, 5.41) is 0. The van der Waals surface area contributed by atoms with E-state index in [1.807, 2.05) is 18.7 Å². The summed E-state index contributed by atoms with van der Waals surface area (Å²) in [4.78, 5) is 24.2. The van der Waals surface area contributed by atoms with E-state index in [-0.39, 0.29) is 17.7 Å². The van der Waals surface area contributed by atoms with Crippen molar-refractivity contribution in [2.24, 2.45) is 11.8 Å². The molecule has 0 aromatic carbocycles. The Kier molecular flexibility index (Phi) is 3.46. The molecule has 1 heterocycles. The summed E-state index contributed by atoms with van der Waals surface area (Å²) in [7, 11) is 0. The number of rotatable bonds is 4. The highest BCUT2D eigenvalue weighted by Crippen LogP contribution is 2.25. The van der Waals surface area contributed by atoms with Crippen LogP contribution in [0.2, 0.25) is 0 Å². The molecule has 0 spiro atoms. The van der Waals surface area contributed by atoms with E-state index in [9.17, 15) is 9.59 Å². The van der Waals surface area contributed by atoms with Gasteiger partial charge in [-0.15, -0.1) is 0 Å². The average molecular weight is 183 g/mol. The third-order valence-electron chi connectivity index (χ3n) is 2.69. The number of carbonyl (C=O) groups excluding carboxylic acids is 2. The lowest BCUT2D eigenvalue weighted by Gasteiger charge is -2.14. The Morgan fingerprint density at radius 2 is 2.23 bits per heavy atom. The van der Waals surface area contributed by atoms with Gasteiger partial charge in [0.2, 0.25) is 5.91 Å². The van der Waals surface area contributed by atoms with Crippen molar-refractivity contribution in [2.75, 3.05) is 13.1 Å². The molecule has 1 rings (SSSR count). The van der Waals surface area contributed by atoms with E-state index in [0.29, 0.717) is 6.54 Å². The van der Waals surface area contributed by atoms with Crippen molar-refractivity contribution in [1.29, 1.82) is 0 Å². The van der Waals surface area contributed by atoms with Crippen molar-refractivity contribution in [3.63, 3.8) is 0 Å². The van der Waals surface area contributed by atoms with Crippen molar-refractivity contribution in [1.82, 2.24) is 4.90 Å². The van der Waals surface area contributed by atoms with Gasteiger partial charge in [-0.3, -0.25) is 4.79 Å². The van der Waals surface area contributed by atoms with Gasteiger partial charge in [0.1, 0.15) is 6.29 Å². The summed E-state index contributed by atoms with van der Waals surface area (Å²) in [6, 6.07) is 0. The minimum absolute atomic E-state index is 0.0518. The molecule has 0 aromatic heterocycles. The highest BCUT2D eigenvalue weighted by molar-refractivity contribution is 5.85. The molecule has 1 saturated heterocycles. The minimum atomic E-state index is -0.0657. The maximum atomic E-state index is 11.7. The quantitative estimate of drug-likeness (QED) is 0.612. The van der Waals surface area contributed by atoms with Gasteiger partial charge in [-0.2, -0.15) is 0 Å². The Bertz CT molecular complexity index is 203. The number of hydrogen-bond acceptors (Lipinski definition) is 2. The molecule has 1 aliphatic heterocycles. The van der Waals surface area contributed by atoms with Crippen LogP contribution in [0.25, 0.3) is 0 Å². The zero-order valence-corrected chi connectivity index (χ0v) is 8.32. The number of hydrogen-bond donors (Lipinski definition) is 0. The number of nitrogens with zero attached hydrogens (tertiary/aromatic N) is 1. The Morgan fingerprint density at radius 3 is 2.62 bits per heavy atom. The van der Waals surface area contributed by atoms with Crippen LogP contribution in [-0.4, -0.2) is 30.2 Å². The molecule has 0 bridgehead atoms. The molecule has 13 heavy (non-hydrogen) atoms. The van der Waals surface area contributed by atoms with Crippen LogP contribution in [0, 0.1) is 11.8 Å². The molecule has 1 fully saturated rings. The van der Waals surface area contributed by atoms with Crippen LogP contribution in [0.1, 0.15) is 26.7 Å². The number of amides is 1. The standard InChI is InChI=1S/C10H17NO2/c1-3-5-11-6-8(7-12)9(4-2)10(11)13/h7-9H,3-6H2,1-2H3. The van der Waals surface area contributed by atoms with Gasteiger partial charge in [-0.1, -0.05) is 13.8 Å². The van der Waals surface area contributed by atoms with Crippen molar-refractivity contribution in [3.05, 3.63) is 0 Å². The third-order valence-corrected chi connectivity index (χ3v) is 2.69. The number of carbonyl (C=O) groups is 2. The van der Waals surface area contributed by atoms with Gasteiger partial charge >= 0.3 is 0 Å². The largest absolute Gasteiger partial charge is 0.342 e. The maximum absolute atomic E-state index is 11.7. The molecule has 0 N–H and O–H groups in total. The molecule has 0 aliphatic carbocycles. The fraction of sp³-hybridized carbons (Fsp3) is 0.800. The molecule has 1 amide bonds. The SMILES string of the molecule is CCCN1CC(C=O)C(CC)C1=O. The highest BCUT2D eigenvalue weighted by atomic mass is 16.2. The normalized spacial score (nSPS) is 28.2. The first-order valence-electron chi connectivity index (χ1n) is 4.98. The first-order chi connectivity index (χ1) is 6.24. The van der Waals surface area contributed by atoms with Gasteiger partial charge in [0.15, 0.2) is 0 Å². The molecule has 0 saturated carbocycles. The second kappa shape index (κ2) is 4.40. The number of likely N-dealkylation sites (tertiary alicyclic amines) is 1. The van der Waals surface area contributed by atoms with Crippen LogP contribution in [-0.2, 0) is 9.59 Å². The summed E-state index contributed by atoms with van der Waals surface area (Å²) in [6.45, 7) is 5.44. The summed E-state index contributed by atoms with van der Waals surface area (Å²) in [5.41, 5.74) is 0. The van der Waals surface area contributed by atoms with Gasteiger partial charge in [0.05, 0.1) is 0 Å². The lowest BCUT2D eigenvalue weighted by molar-refractivity contribution is -0.131. The Balaban J connectivity index is 2.65. The van der Waals surface area contributed by atoms with E-state index in [2.05, 4.69) is 0 Å². The molecule has 1 aliphatic rings. The topological polar surface area (TPSA) is 37.4 Å². The van der Waals surface area contributed by atoms with E-state index in [0.717, 1.165) is 25.7 Å². The summed E-state index contributed by atoms with van der Waals surface area (Å²) in [5.74, 6) is 0.0505. The van der Waals surface area contributed by atoms with Gasteiger partial charge in [0, 0.05) is 24.9 Å². The van der Waals surface area contributed by atoms with Crippen LogP contribution < -0.4 is 0 Å². The van der Waals surface area contributed by atoms with Gasteiger partial charge < -0.3 is 9.69 Å². The molecular weight excluding hydrogens is 166 g/mol.